The molecule has 0 aromatic heterocycles. The quantitative estimate of drug-likeness (QED) is 0.848. The molecule has 3 aliphatic rings. The van der Waals surface area contributed by atoms with Crippen LogP contribution in [0.3, 0.4) is 0 Å². The largest absolute Gasteiger partial charge is 0.454 e. The summed E-state index contributed by atoms with van der Waals surface area (Å²) in [5, 5.41) is 0. The number of para-hydroxylation sites is 1. The molecule has 1 saturated carbocycles. The van der Waals surface area contributed by atoms with Gasteiger partial charge in [-0.1, -0.05) is 30.3 Å². The summed E-state index contributed by atoms with van der Waals surface area (Å²) in [4.78, 5) is 15.6. The molecule has 0 spiro atoms. The fourth-order valence-electron chi connectivity index (χ4n) is 4.17. The number of ether oxygens (including phenoxy) is 2. The number of rotatable bonds is 3. The normalized spacial score (nSPS) is 20.9. The average Bonchev–Trinajstić information content (AvgIpc) is 3.36. The van der Waals surface area contributed by atoms with Crippen LogP contribution in [-0.4, -0.2) is 23.6 Å². The minimum Gasteiger partial charge on any atom is -0.454 e. The van der Waals surface area contributed by atoms with Crippen molar-refractivity contribution in [3.8, 4) is 11.5 Å². The Morgan fingerprint density at radius 1 is 1.00 bits per heavy atom. The van der Waals surface area contributed by atoms with E-state index in [9.17, 15) is 4.79 Å². The summed E-state index contributed by atoms with van der Waals surface area (Å²) in [5.41, 5.74) is 3.33. The molecule has 128 valence electrons. The molecule has 0 saturated heterocycles. The van der Waals surface area contributed by atoms with Crippen LogP contribution in [0.5, 0.6) is 11.5 Å². The molecule has 0 radical (unpaired) electrons. The van der Waals surface area contributed by atoms with Crippen LogP contribution in [0.1, 0.15) is 53.2 Å². The monoisotopic (exact) mass is 335 g/mol. The van der Waals surface area contributed by atoms with Crippen LogP contribution in [0.25, 0.3) is 0 Å². The van der Waals surface area contributed by atoms with Crippen LogP contribution >= 0.6 is 0 Å². The number of carbonyl (C=O) groups is 1. The first-order chi connectivity index (χ1) is 12.3. The topological polar surface area (TPSA) is 38.8 Å². The Labute approximate surface area is 147 Å². The number of carbonyl (C=O) groups excluding carboxylic acids is 1. The van der Waals surface area contributed by atoms with Crippen molar-refractivity contribution in [1.29, 1.82) is 0 Å². The number of amides is 1. The highest BCUT2D eigenvalue weighted by atomic mass is 16.7. The van der Waals surface area contributed by atoms with Crippen molar-refractivity contribution in [1.82, 2.24) is 4.90 Å². The van der Waals surface area contributed by atoms with Crippen LogP contribution < -0.4 is 9.47 Å². The van der Waals surface area contributed by atoms with Crippen molar-refractivity contribution >= 4 is 5.91 Å². The fourth-order valence-corrected chi connectivity index (χ4v) is 4.17. The van der Waals surface area contributed by atoms with Crippen molar-refractivity contribution in [3.63, 3.8) is 0 Å². The predicted molar refractivity (Wildman–Crippen MR) is 93.9 cm³/mol. The highest BCUT2D eigenvalue weighted by Crippen LogP contribution is 2.44. The second kappa shape index (κ2) is 5.80. The molecular formula is C21H21NO3. The lowest BCUT2D eigenvalue weighted by Gasteiger charge is -2.36. The van der Waals surface area contributed by atoms with E-state index in [2.05, 4.69) is 29.2 Å². The van der Waals surface area contributed by atoms with Gasteiger partial charge in [0.25, 0.3) is 5.91 Å². The Morgan fingerprint density at radius 3 is 2.76 bits per heavy atom. The third-order valence-electron chi connectivity index (χ3n) is 5.48. The van der Waals surface area contributed by atoms with E-state index in [0.29, 0.717) is 23.1 Å². The highest BCUT2D eigenvalue weighted by molar-refractivity contribution is 5.98. The van der Waals surface area contributed by atoms with Gasteiger partial charge < -0.3 is 14.4 Å². The summed E-state index contributed by atoms with van der Waals surface area (Å²) < 4.78 is 11.0. The zero-order chi connectivity index (χ0) is 16.8. The molecule has 1 aliphatic heterocycles. The molecule has 25 heavy (non-hydrogen) atoms. The number of hydrogen-bond donors (Lipinski definition) is 0. The Hall–Kier alpha value is -2.49. The lowest BCUT2D eigenvalue weighted by atomic mass is 9.86. The summed E-state index contributed by atoms with van der Waals surface area (Å²) in [6, 6.07) is 14.7. The molecule has 1 heterocycles. The summed E-state index contributed by atoms with van der Waals surface area (Å²) in [6.45, 7) is 0.190. The lowest BCUT2D eigenvalue weighted by Crippen LogP contribution is -2.38. The zero-order valence-corrected chi connectivity index (χ0v) is 14.1. The number of benzene rings is 2. The van der Waals surface area contributed by atoms with Crippen molar-refractivity contribution in [2.75, 3.05) is 6.79 Å². The van der Waals surface area contributed by atoms with Gasteiger partial charge in [-0.05, 0) is 55.4 Å². The minimum atomic E-state index is 0.0755. The van der Waals surface area contributed by atoms with E-state index >= 15 is 0 Å². The van der Waals surface area contributed by atoms with Gasteiger partial charge in [0, 0.05) is 6.04 Å². The van der Waals surface area contributed by atoms with E-state index in [-0.39, 0.29) is 18.7 Å². The number of fused-ring (bicyclic) bond motifs is 2. The maximum atomic E-state index is 13.5. The average molecular weight is 335 g/mol. The second-order valence-electron chi connectivity index (χ2n) is 7.09. The first-order valence-electron chi connectivity index (χ1n) is 9.12. The molecular weight excluding hydrogens is 314 g/mol. The molecule has 5 rings (SSSR count). The zero-order valence-electron chi connectivity index (χ0n) is 14.1. The molecule has 4 nitrogen and oxygen atoms in total. The van der Waals surface area contributed by atoms with Gasteiger partial charge in [-0.2, -0.15) is 0 Å². The Balaban J connectivity index is 1.55. The highest BCUT2D eigenvalue weighted by Gasteiger charge is 2.41. The van der Waals surface area contributed by atoms with Gasteiger partial charge in [0.1, 0.15) is 0 Å². The van der Waals surface area contributed by atoms with E-state index < -0.39 is 0 Å². The van der Waals surface area contributed by atoms with Crippen LogP contribution in [0.4, 0.5) is 0 Å². The summed E-state index contributed by atoms with van der Waals surface area (Å²) in [7, 11) is 0. The SMILES string of the molecule is O=C(c1cccc2c1OCO2)N(C1CC1)C1CCCc2ccccc21. The molecule has 1 atom stereocenters. The number of hydrogen-bond acceptors (Lipinski definition) is 3. The maximum absolute atomic E-state index is 13.5. The molecule has 1 unspecified atom stereocenters. The van der Waals surface area contributed by atoms with Gasteiger partial charge in [0.05, 0.1) is 11.6 Å². The van der Waals surface area contributed by atoms with Crippen LogP contribution in [0.2, 0.25) is 0 Å². The Bertz CT molecular complexity index is 828. The van der Waals surface area contributed by atoms with Crippen molar-refractivity contribution < 1.29 is 14.3 Å². The van der Waals surface area contributed by atoms with Gasteiger partial charge >= 0.3 is 0 Å². The number of nitrogens with zero attached hydrogens (tertiary/aromatic N) is 1. The fraction of sp³-hybridized carbons (Fsp3) is 0.381. The molecule has 2 aliphatic carbocycles. The third kappa shape index (κ3) is 2.48. The van der Waals surface area contributed by atoms with E-state index in [0.717, 1.165) is 32.1 Å². The maximum Gasteiger partial charge on any atom is 0.258 e. The molecule has 2 aromatic carbocycles. The Kier molecular flexibility index (Phi) is 3.44. The van der Waals surface area contributed by atoms with Crippen LogP contribution in [0.15, 0.2) is 42.5 Å². The van der Waals surface area contributed by atoms with Crippen LogP contribution in [0, 0.1) is 0 Å². The van der Waals surface area contributed by atoms with Gasteiger partial charge in [0.15, 0.2) is 11.5 Å². The van der Waals surface area contributed by atoms with Crippen molar-refractivity contribution in [2.24, 2.45) is 0 Å². The van der Waals surface area contributed by atoms with Gasteiger partial charge in [-0.3, -0.25) is 4.79 Å². The van der Waals surface area contributed by atoms with E-state index in [4.69, 9.17) is 9.47 Å². The van der Waals surface area contributed by atoms with Gasteiger partial charge in [-0.15, -0.1) is 0 Å². The standard InChI is InChI=1S/C21H21NO3/c23-21(17-8-4-10-19-20(17)25-13-24-19)22(15-11-12-15)18-9-3-6-14-5-1-2-7-16(14)18/h1-2,4-5,7-8,10,15,18H,3,6,9,11-13H2. The Morgan fingerprint density at radius 2 is 1.88 bits per heavy atom. The van der Waals surface area contributed by atoms with Crippen molar-refractivity contribution in [2.45, 2.75) is 44.2 Å². The second-order valence-corrected chi connectivity index (χ2v) is 7.09. The van der Waals surface area contributed by atoms with Crippen molar-refractivity contribution in [3.05, 3.63) is 59.2 Å². The van der Waals surface area contributed by atoms with Gasteiger partial charge in [-0.25, -0.2) is 0 Å². The van der Waals surface area contributed by atoms with E-state index in [1.807, 2.05) is 18.2 Å². The van der Waals surface area contributed by atoms with E-state index in [1.165, 1.54) is 11.1 Å². The molecule has 4 heteroatoms. The molecule has 1 fully saturated rings. The molecule has 0 bridgehead atoms. The lowest BCUT2D eigenvalue weighted by molar-refractivity contribution is 0.0633. The van der Waals surface area contributed by atoms with E-state index in [1.54, 1.807) is 0 Å². The van der Waals surface area contributed by atoms with Gasteiger partial charge in [0.2, 0.25) is 6.79 Å². The minimum absolute atomic E-state index is 0.0755. The summed E-state index contributed by atoms with van der Waals surface area (Å²) in [6.07, 6.45) is 5.46. The third-order valence-corrected chi connectivity index (χ3v) is 5.48. The predicted octanol–water partition coefficient (Wildman–Crippen LogP) is 4.10. The first kappa shape index (κ1) is 14.8. The summed E-state index contributed by atoms with van der Waals surface area (Å²) in [5.74, 6) is 1.35. The smallest absolute Gasteiger partial charge is 0.258 e. The molecule has 1 amide bonds. The molecule has 2 aromatic rings. The van der Waals surface area contributed by atoms with Crippen LogP contribution in [-0.2, 0) is 6.42 Å². The molecule has 0 N–H and O–H groups in total. The first-order valence-corrected chi connectivity index (χ1v) is 9.12. The summed E-state index contributed by atoms with van der Waals surface area (Å²) >= 11 is 0. The number of aryl methyl sites for hydroxylation is 1.